The number of ether oxygens (including phenoxy) is 3. The number of para-hydroxylation sites is 1. The van der Waals surface area contributed by atoms with E-state index in [1.54, 1.807) is 47.4 Å². The number of anilines is 1. The average molecular weight is 456 g/mol. The van der Waals surface area contributed by atoms with Gasteiger partial charge in [0.2, 0.25) is 5.75 Å². The van der Waals surface area contributed by atoms with Crippen LogP contribution < -0.4 is 19.1 Å². The summed E-state index contributed by atoms with van der Waals surface area (Å²) in [6, 6.07) is 9.71. The molecule has 2 heterocycles. The Balaban J connectivity index is 1.76. The largest absolute Gasteiger partial charge is 0.493 e. The number of hydrogen-bond donors (Lipinski definition) is 0. The number of benzene rings is 2. The van der Waals surface area contributed by atoms with E-state index in [9.17, 15) is 9.18 Å². The lowest BCUT2D eigenvalue weighted by atomic mass is 10.1. The third kappa shape index (κ3) is 4.09. The summed E-state index contributed by atoms with van der Waals surface area (Å²) in [5.41, 5.74) is 0.550. The maximum atomic E-state index is 14.3. The molecule has 0 spiro atoms. The van der Waals surface area contributed by atoms with E-state index in [2.05, 4.69) is 10.1 Å². The Morgan fingerprint density at radius 3 is 2.47 bits per heavy atom. The number of methoxy groups -OCH3 is 3. The van der Waals surface area contributed by atoms with Gasteiger partial charge in [-0.2, -0.15) is 5.10 Å². The number of hydrogen-bond acceptors (Lipinski definition) is 7. The Hall–Kier alpha value is -3.66. The molecule has 0 aliphatic carbocycles. The molecule has 0 radical (unpaired) electrons. The predicted molar refractivity (Wildman–Crippen MR) is 120 cm³/mol. The number of carbonyl (C=O) groups is 1. The number of amides is 1. The summed E-state index contributed by atoms with van der Waals surface area (Å²) in [7, 11) is 4.46. The SMILES string of the molecule is COc1cc(C(=O)N(CCn2cccn2)c2nc3c(F)cccc3s2)cc(OC)c1OC. The molecule has 0 saturated heterocycles. The predicted octanol–water partition coefficient (Wildman–Crippen LogP) is 4.00. The normalized spacial score (nSPS) is 10.9. The minimum absolute atomic E-state index is 0.231. The van der Waals surface area contributed by atoms with Gasteiger partial charge in [-0.15, -0.1) is 0 Å². The Bertz CT molecular complexity index is 1220. The van der Waals surface area contributed by atoms with E-state index < -0.39 is 5.82 Å². The van der Waals surface area contributed by atoms with Crippen molar-refractivity contribution in [2.24, 2.45) is 0 Å². The standard InChI is InChI=1S/C22H21FN4O4S/c1-29-16-12-14(13-17(30-2)20(16)31-3)21(28)27(11-10-26-9-5-8-24-26)22-25-19-15(23)6-4-7-18(19)32-22/h4-9,12-13H,10-11H2,1-3H3. The van der Waals surface area contributed by atoms with E-state index in [4.69, 9.17) is 14.2 Å². The van der Waals surface area contributed by atoms with Crippen molar-refractivity contribution in [3.05, 3.63) is 60.2 Å². The second-order valence-electron chi connectivity index (χ2n) is 6.72. The fourth-order valence-electron chi connectivity index (χ4n) is 3.30. The van der Waals surface area contributed by atoms with Crippen LogP contribution in [0.15, 0.2) is 48.8 Å². The lowest BCUT2D eigenvalue weighted by Crippen LogP contribution is -2.34. The van der Waals surface area contributed by atoms with Crippen LogP contribution in [-0.2, 0) is 6.54 Å². The molecule has 0 bridgehead atoms. The molecule has 4 rings (SSSR count). The monoisotopic (exact) mass is 456 g/mol. The van der Waals surface area contributed by atoms with Gasteiger partial charge in [-0.1, -0.05) is 17.4 Å². The van der Waals surface area contributed by atoms with E-state index in [1.165, 1.54) is 43.6 Å². The van der Waals surface area contributed by atoms with Gasteiger partial charge in [0.1, 0.15) is 11.3 Å². The zero-order chi connectivity index (χ0) is 22.7. The molecule has 0 N–H and O–H groups in total. The van der Waals surface area contributed by atoms with E-state index in [0.29, 0.717) is 39.2 Å². The molecule has 10 heteroatoms. The van der Waals surface area contributed by atoms with Crippen LogP contribution in [0, 0.1) is 5.82 Å². The summed E-state index contributed by atoms with van der Waals surface area (Å²) >= 11 is 1.24. The zero-order valence-electron chi connectivity index (χ0n) is 17.7. The molecule has 1 amide bonds. The van der Waals surface area contributed by atoms with Crippen LogP contribution in [0.4, 0.5) is 9.52 Å². The molecule has 0 aliphatic rings. The summed E-state index contributed by atoms with van der Waals surface area (Å²) in [5, 5.41) is 4.58. The van der Waals surface area contributed by atoms with E-state index in [0.717, 1.165) is 0 Å². The van der Waals surface area contributed by atoms with Gasteiger partial charge in [0.15, 0.2) is 16.6 Å². The first-order valence-corrected chi connectivity index (χ1v) is 10.5. The van der Waals surface area contributed by atoms with Crippen LogP contribution in [0.2, 0.25) is 0 Å². The van der Waals surface area contributed by atoms with Crippen LogP contribution in [0.5, 0.6) is 17.2 Å². The van der Waals surface area contributed by atoms with Crippen LogP contribution in [0.3, 0.4) is 0 Å². The van der Waals surface area contributed by atoms with Gasteiger partial charge < -0.3 is 14.2 Å². The van der Waals surface area contributed by atoms with Crippen molar-refractivity contribution >= 4 is 32.6 Å². The topological polar surface area (TPSA) is 78.7 Å². The molecule has 166 valence electrons. The summed E-state index contributed by atoms with van der Waals surface area (Å²) in [4.78, 5) is 19.5. The third-order valence-electron chi connectivity index (χ3n) is 4.86. The molecule has 8 nitrogen and oxygen atoms in total. The van der Waals surface area contributed by atoms with Crippen molar-refractivity contribution in [2.75, 3.05) is 32.8 Å². The van der Waals surface area contributed by atoms with Crippen LogP contribution in [0.1, 0.15) is 10.4 Å². The van der Waals surface area contributed by atoms with Crippen molar-refractivity contribution < 1.29 is 23.4 Å². The number of halogens is 1. The zero-order valence-corrected chi connectivity index (χ0v) is 18.6. The summed E-state index contributed by atoms with van der Waals surface area (Å²) < 4.78 is 32.7. The Kier molecular flexibility index (Phi) is 6.22. The fraction of sp³-hybridized carbons (Fsp3) is 0.227. The summed E-state index contributed by atoms with van der Waals surface area (Å²) in [6.45, 7) is 0.709. The number of rotatable bonds is 8. The molecular formula is C22H21FN4O4S. The molecule has 0 unspecified atom stereocenters. The van der Waals surface area contributed by atoms with Gasteiger partial charge in [-0.05, 0) is 30.3 Å². The maximum absolute atomic E-state index is 14.3. The number of aromatic nitrogens is 3. The highest BCUT2D eigenvalue weighted by Crippen LogP contribution is 2.39. The molecule has 0 saturated carbocycles. The molecule has 0 atom stereocenters. The first-order valence-electron chi connectivity index (χ1n) is 9.70. The molecule has 2 aromatic carbocycles. The average Bonchev–Trinajstić information content (AvgIpc) is 3.48. The molecule has 0 aliphatic heterocycles. The van der Waals surface area contributed by atoms with Crippen molar-refractivity contribution in [1.29, 1.82) is 0 Å². The summed E-state index contributed by atoms with van der Waals surface area (Å²) in [5.74, 6) is 0.333. The van der Waals surface area contributed by atoms with Gasteiger partial charge in [-0.3, -0.25) is 14.4 Å². The number of fused-ring (bicyclic) bond motifs is 1. The van der Waals surface area contributed by atoms with Gasteiger partial charge in [0.25, 0.3) is 5.91 Å². The molecule has 2 aromatic heterocycles. The molecule has 4 aromatic rings. The van der Waals surface area contributed by atoms with Gasteiger partial charge in [-0.25, -0.2) is 9.37 Å². The second-order valence-corrected chi connectivity index (χ2v) is 7.73. The highest BCUT2D eigenvalue weighted by Gasteiger charge is 2.25. The van der Waals surface area contributed by atoms with Gasteiger partial charge >= 0.3 is 0 Å². The van der Waals surface area contributed by atoms with Crippen molar-refractivity contribution in [3.63, 3.8) is 0 Å². The van der Waals surface area contributed by atoms with Crippen molar-refractivity contribution in [3.8, 4) is 17.2 Å². The number of thiazole rings is 1. The van der Waals surface area contributed by atoms with E-state index in [-0.39, 0.29) is 18.0 Å². The van der Waals surface area contributed by atoms with Gasteiger partial charge in [0.05, 0.1) is 32.6 Å². The fourth-order valence-corrected chi connectivity index (χ4v) is 4.30. The minimum Gasteiger partial charge on any atom is -0.493 e. The van der Waals surface area contributed by atoms with E-state index in [1.807, 2.05) is 0 Å². The third-order valence-corrected chi connectivity index (χ3v) is 5.90. The smallest absolute Gasteiger partial charge is 0.260 e. The second kappa shape index (κ2) is 9.23. The molecule has 0 fully saturated rings. The van der Waals surface area contributed by atoms with Crippen LogP contribution in [-0.4, -0.2) is 48.5 Å². The highest BCUT2D eigenvalue weighted by atomic mass is 32.1. The Labute approximate surface area is 187 Å². The number of carbonyl (C=O) groups excluding carboxylic acids is 1. The lowest BCUT2D eigenvalue weighted by Gasteiger charge is -2.21. The first-order chi connectivity index (χ1) is 15.5. The maximum Gasteiger partial charge on any atom is 0.260 e. The lowest BCUT2D eigenvalue weighted by molar-refractivity contribution is 0.0985. The van der Waals surface area contributed by atoms with Crippen LogP contribution >= 0.6 is 11.3 Å². The van der Waals surface area contributed by atoms with Crippen molar-refractivity contribution in [1.82, 2.24) is 14.8 Å². The molecular weight excluding hydrogens is 435 g/mol. The Morgan fingerprint density at radius 2 is 1.88 bits per heavy atom. The van der Waals surface area contributed by atoms with Gasteiger partial charge in [0, 0.05) is 24.5 Å². The quantitative estimate of drug-likeness (QED) is 0.399. The highest BCUT2D eigenvalue weighted by molar-refractivity contribution is 7.22. The van der Waals surface area contributed by atoms with E-state index >= 15 is 0 Å². The van der Waals surface area contributed by atoms with Crippen LogP contribution in [0.25, 0.3) is 10.2 Å². The van der Waals surface area contributed by atoms with Crippen molar-refractivity contribution in [2.45, 2.75) is 6.54 Å². The Morgan fingerprint density at radius 1 is 1.12 bits per heavy atom. The molecule has 32 heavy (non-hydrogen) atoms. The summed E-state index contributed by atoms with van der Waals surface area (Å²) in [6.07, 6.45) is 3.47. The first kappa shape index (κ1) is 21.6. The number of nitrogens with zero attached hydrogens (tertiary/aromatic N) is 4. The minimum atomic E-state index is -0.433.